The van der Waals surface area contributed by atoms with Gasteiger partial charge in [0, 0.05) is 6.07 Å². The average Bonchev–Trinajstić information content (AvgIpc) is 2.30. The molecule has 0 bridgehead atoms. The molecule has 0 saturated heterocycles. The molecule has 0 fully saturated rings. The van der Waals surface area contributed by atoms with Crippen LogP contribution in [0.1, 0.15) is 5.56 Å². The van der Waals surface area contributed by atoms with Crippen molar-refractivity contribution >= 4 is 17.1 Å². The Morgan fingerprint density at radius 1 is 1.44 bits per heavy atom. The minimum absolute atomic E-state index is 0.306. The summed E-state index contributed by atoms with van der Waals surface area (Å²) in [6, 6.07) is 6.99. The van der Waals surface area contributed by atoms with Crippen LogP contribution in [0.5, 0.6) is 5.75 Å². The Bertz CT molecular complexity index is 602. The predicted molar refractivity (Wildman–Crippen MR) is 60.5 cm³/mol. The van der Waals surface area contributed by atoms with E-state index in [0.29, 0.717) is 16.8 Å². The van der Waals surface area contributed by atoms with E-state index in [0.717, 1.165) is 11.6 Å². The van der Waals surface area contributed by atoms with Gasteiger partial charge in [0.15, 0.2) is 0 Å². The van der Waals surface area contributed by atoms with Gasteiger partial charge >= 0.3 is 0 Å². The first-order valence-corrected chi connectivity index (χ1v) is 4.63. The molecule has 0 spiro atoms. The Hall–Kier alpha value is -2.30. The van der Waals surface area contributed by atoms with Crippen LogP contribution in [-0.2, 0) is 0 Å². The molecule has 0 aliphatic rings. The number of hydrogen-bond acceptors (Lipinski definition) is 4. The first-order chi connectivity index (χ1) is 7.74. The Labute approximate surface area is 91.0 Å². The van der Waals surface area contributed by atoms with Gasteiger partial charge in [-0.2, -0.15) is 0 Å². The molecule has 0 aliphatic heterocycles. The number of aromatic amines is 1. The molecule has 0 radical (unpaired) electrons. The fraction of sp³-hybridized carbons (Fsp3) is 0.0909. The van der Waals surface area contributed by atoms with Gasteiger partial charge in [0.25, 0.3) is 5.56 Å². The molecular weight excluding hydrogens is 208 g/mol. The number of nitrogens with one attached hydrogen (secondary N) is 1. The van der Waals surface area contributed by atoms with Gasteiger partial charge in [-0.25, -0.2) is 0 Å². The second-order valence-corrected chi connectivity index (χ2v) is 3.25. The highest BCUT2D eigenvalue weighted by Crippen LogP contribution is 2.17. The van der Waals surface area contributed by atoms with Gasteiger partial charge in [0.05, 0.1) is 24.4 Å². The lowest BCUT2D eigenvalue weighted by Gasteiger charge is -2.02. The molecule has 0 unspecified atom stereocenters. The van der Waals surface area contributed by atoms with Crippen molar-refractivity contribution in [1.29, 1.82) is 0 Å². The number of methoxy groups -OCH3 is 1. The van der Waals surface area contributed by atoms with Crippen LogP contribution in [-0.4, -0.2) is 23.5 Å². The molecule has 2 N–H and O–H groups in total. The maximum absolute atomic E-state index is 11.5. The van der Waals surface area contributed by atoms with E-state index in [1.165, 1.54) is 0 Å². The summed E-state index contributed by atoms with van der Waals surface area (Å²) in [5.74, 6) is 0.673. The second-order valence-electron chi connectivity index (χ2n) is 3.25. The summed E-state index contributed by atoms with van der Waals surface area (Å²) in [5.41, 5.74) is 0.679. The molecule has 0 saturated carbocycles. The Morgan fingerprint density at radius 3 is 2.94 bits per heavy atom. The number of benzene rings is 1. The molecule has 1 aromatic heterocycles. The van der Waals surface area contributed by atoms with Crippen LogP contribution < -0.4 is 10.3 Å². The lowest BCUT2D eigenvalue weighted by atomic mass is 10.1. The normalized spacial score (nSPS) is 11.1. The van der Waals surface area contributed by atoms with Crippen LogP contribution in [0, 0.1) is 0 Å². The second kappa shape index (κ2) is 4.06. The minimum atomic E-state index is -0.307. The first kappa shape index (κ1) is 10.2. The molecule has 2 rings (SSSR count). The van der Waals surface area contributed by atoms with E-state index in [4.69, 9.17) is 9.94 Å². The lowest BCUT2D eigenvalue weighted by Crippen LogP contribution is -2.11. The van der Waals surface area contributed by atoms with Gasteiger partial charge < -0.3 is 14.9 Å². The fourth-order valence-electron chi connectivity index (χ4n) is 1.48. The van der Waals surface area contributed by atoms with E-state index in [1.807, 2.05) is 6.07 Å². The van der Waals surface area contributed by atoms with E-state index < -0.39 is 0 Å². The quantitative estimate of drug-likeness (QED) is 0.454. The molecule has 82 valence electrons. The summed E-state index contributed by atoms with van der Waals surface area (Å²) in [6.45, 7) is 0. The molecule has 0 aliphatic carbocycles. The number of pyridine rings is 1. The maximum Gasteiger partial charge on any atom is 0.257 e. The highest BCUT2D eigenvalue weighted by Gasteiger charge is 2.02. The van der Waals surface area contributed by atoms with Crippen molar-refractivity contribution in [3.05, 3.63) is 40.2 Å². The SMILES string of the molecule is COc1ccc2cc(/C=N/O)c(=O)[nH]c2c1. The van der Waals surface area contributed by atoms with Crippen LogP contribution >= 0.6 is 0 Å². The van der Waals surface area contributed by atoms with E-state index >= 15 is 0 Å². The number of ether oxygens (including phenoxy) is 1. The number of nitrogens with zero attached hydrogens (tertiary/aromatic N) is 1. The minimum Gasteiger partial charge on any atom is -0.497 e. The third-order valence-electron chi connectivity index (χ3n) is 2.28. The maximum atomic E-state index is 11.5. The third kappa shape index (κ3) is 1.75. The van der Waals surface area contributed by atoms with E-state index in [1.54, 1.807) is 25.3 Å². The van der Waals surface area contributed by atoms with Gasteiger partial charge in [-0.3, -0.25) is 4.79 Å². The Balaban J connectivity index is 2.68. The van der Waals surface area contributed by atoms with Gasteiger partial charge in [-0.1, -0.05) is 5.16 Å². The van der Waals surface area contributed by atoms with Crippen molar-refractivity contribution < 1.29 is 9.94 Å². The first-order valence-electron chi connectivity index (χ1n) is 4.63. The van der Waals surface area contributed by atoms with E-state index in [9.17, 15) is 4.79 Å². The summed E-state index contributed by atoms with van der Waals surface area (Å²) < 4.78 is 5.05. The summed E-state index contributed by atoms with van der Waals surface area (Å²) >= 11 is 0. The van der Waals surface area contributed by atoms with Crippen molar-refractivity contribution in [1.82, 2.24) is 4.98 Å². The summed E-state index contributed by atoms with van der Waals surface area (Å²) in [6.07, 6.45) is 1.10. The van der Waals surface area contributed by atoms with Crippen LogP contribution in [0.25, 0.3) is 10.9 Å². The number of rotatable bonds is 2. The number of oxime groups is 1. The molecule has 0 amide bonds. The van der Waals surface area contributed by atoms with Gasteiger partial charge in [-0.05, 0) is 23.6 Å². The summed E-state index contributed by atoms with van der Waals surface area (Å²) in [4.78, 5) is 14.2. The molecule has 2 aromatic rings. The third-order valence-corrected chi connectivity index (χ3v) is 2.28. The monoisotopic (exact) mass is 218 g/mol. The van der Waals surface area contributed by atoms with Gasteiger partial charge in [0.2, 0.25) is 0 Å². The molecular formula is C11H10N2O3. The largest absolute Gasteiger partial charge is 0.497 e. The molecule has 1 heterocycles. The highest BCUT2D eigenvalue weighted by atomic mass is 16.5. The van der Waals surface area contributed by atoms with Crippen LogP contribution in [0.2, 0.25) is 0 Å². The van der Waals surface area contributed by atoms with Crippen molar-refractivity contribution in [3.63, 3.8) is 0 Å². The number of H-pyrrole nitrogens is 1. The van der Waals surface area contributed by atoms with Crippen LogP contribution in [0.15, 0.2) is 34.2 Å². The molecule has 5 nitrogen and oxygen atoms in total. The smallest absolute Gasteiger partial charge is 0.257 e. The number of hydrogen-bond donors (Lipinski definition) is 2. The standard InChI is InChI=1S/C11H10N2O3/c1-16-9-3-2-7-4-8(6-12-15)11(14)13-10(7)5-9/h2-6,15H,1H3,(H,13,14)/b12-6+. The van der Waals surface area contributed by atoms with Gasteiger partial charge in [-0.15, -0.1) is 0 Å². The summed E-state index contributed by atoms with van der Waals surface area (Å²) in [5, 5.41) is 12.1. The molecule has 16 heavy (non-hydrogen) atoms. The van der Waals surface area contributed by atoms with Crippen molar-refractivity contribution in [3.8, 4) is 5.75 Å². The van der Waals surface area contributed by atoms with Gasteiger partial charge in [0.1, 0.15) is 5.75 Å². The average molecular weight is 218 g/mol. The zero-order valence-electron chi connectivity index (χ0n) is 8.60. The van der Waals surface area contributed by atoms with E-state index in [2.05, 4.69) is 10.1 Å². The van der Waals surface area contributed by atoms with Crippen molar-refractivity contribution in [2.75, 3.05) is 7.11 Å². The predicted octanol–water partition coefficient (Wildman–Crippen LogP) is 1.34. The lowest BCUT2D eigenvalue weighted by molar-refractivity contribution is 0.322. The van der Waals surface area contributed by atoms with Crippen molar-refractivity contribution in [2.24, 2.45) is 5.16 Å². The zero-order chi connectivity index (χ0) is 11.5. The number of aromatic nitrogens is 1. The topological polar surface area (TPSA) is 74.7 Å². The van der Waals surface area contributed by atoms with E-state index in [-0.39, 0.29) is 5.56 Å². The Kier molecular flexibility index (Phi) is 2.59. The van der Waals surface area contributed by atoms with Crippen LogP contribution in [0.4, 0.5) is 0 Å². The molecule has 0 atom stereocenters. The Morgan fingerprint density at radius 2 is 2.25 bits per heavy atom. The van der Waals surface area contributed by atoms with Crippen LogP contribution in [0.3, 0.4) is 0 Å². The zero-order valence-corrected chi connectivity index (χ0v) is 8.60. The van der Waals surface area contributed by atoms with Crippen molar-refractivity contribution in [2.45, 2.75) is 0 Å². The molecule has 5 heteroatoms. The summed E-state index contributed by atoms with van der Waals surface area (Å²) in [7, 11) is 1.56. The highest BCUT2D eigenvalue weighted by molar-refractivity contribution is 5.87. The fourth-order valence-corrected chi connectivity index (χ4v) is 1.48. The number of fused-ring (bicyclic) bond motifs is 1. The molecule has 1 aromatic carbocycles.